The molecule has 0 atom stereocenters. The maximum absolute atomic E-state index is 12.8. The number of nitrogens with zero attached hydrogens (tertiary/aromatic N) is 1. The molecule has 0 bridgehead atoms. The smallest absolute Gasteiger partial charge is 0.230 e. The second-order valence-corrected chi connectivity index (χ2v) is 7.07. The number of fused-ring (bicyclic) bond motifs is 1. The highest BCUT2D eigenvalue weighted by Crippen LogP contribution is 2.24. The van der Waals surface area contributed by atoms with Crippen LogP contribution in [0.5, 0.6) is 0 Å². The van der Waals surface area contributed by atoms with E-state index in [0.29, 0.717) is 12.3 Å². The van der Waals surface area contributed by atoms with Crippen LogP contribution in [0, 0.1) is 5.82 Å². The molecule has 2 aromatic carbocycles. The molecule has 0 saturated heterocycles. The largest absolute Gasteiger partial charge is 0.351 e. The van der Waals surface area contributed by atoms with Crippen LogP contribution in [-0.2, 0) is 17.1 Å². The van der Waals surface area contributed by atoms with E-state index in [4.69, 9.17) is 0 Å². The first-order chi connectivity index (χ1) is 11.2. The van der Waals surface area contributed by atoms with Crippen molar-refractivity contribution in [1.82, 2.24) is 10.3 Å². The number of benzene rings is 2. The van der Waals surface area contributed by atoms with Crippen molar-refractivity contribution in [2.45, 2.75) is 12.3 Å². The SMILES string of the molecule is O=C(CSCc1nc2ccccc2s1)NCc1ccc(F)cc1. The van der Waals surface area contributed by atoms with Crippen LogP contribution in [0.3, 0.4) is 0 Å². The molecule has 118 valence electrons. The number of hydrogen-bond acceptors (Lipinski definition) is 4. The minimum Gasteiger partial charge on any atom is -0.351 e. The van der Waals surface area contributed by atoms with Crippen LogP contribution in [0.2, 0.25) is 0 Å². The Kier molecular flexibility index (Phi) is 5.25. The van der Waals surface area contributed by atoms with E-state index in [2.05, 4.69) is 16.4 Å². The summed E-state index contributed by atoms with van der Waals surface area (Å²) in [5, 5.41) is 3.86. The standard InChI is InChI=1S/C17H15FN2OS2/c18-13-7-5-12(6-8-13)9-19-16(21)10-22-11-17-20-14-3-1-2-4-15(14)23-17/h1-8H,9-11H2,(H,19,21). The van der Waals surface area contributed by atoms with Gasteiger partial charge >= 0.3 is 0 Å². The fourth-order valence-corrected chi connectivity index (χ4v) is 3.94. The lowest BCUT2D eigenvalue weighted by Gasteiger charge is -2.04. The highest BCUT2D eigenvalue weighted by Gasteiger charge is 2.06. The number of thioether (sulfide) groups is 1. The molecule has 0 unspecified atom stereocenters. The Labute approximate surface area is 141 Å². The second kappa shape index (κ2) is 7.57. The number of carbonyl (C=O) groups is 1. The Morgan fingerprint density at radius 1 is 1.17 bits per heavy atom. The van der Waals surface area contributed by atoms with Crippen molar-refractivity contribution in [3.8, 4) is 0 Å². The average Bonchev–Trinajstić information content (AvgIpc) is 2.97. The monoisotopic (exact) mass is 346 g/mol. The van der Waals surface area contributed by atoms with Gasteiger partial charge in [-0.2, -0.15) is 0 Å². The molecule has 1 amide bonds. The Morgan fingerprint density at radius 3 is 2.74 bits per heavy atom. The zero-order valence-electron chi connectivity index (χ0n) is 12.3. The predicted molar refractivity (Wildman–Crippen MR) is 94.0 cm³/mol. The summed E-state index contributed by atoms with van der Waals surface area (Å²) in [6.45, 7) is 0.417. The summed E-state index contributed by atoms with van der Waals surface area (Å²) >= 11 is 3.20. The summed E-state index contributed by atoms with van der Waals surface area (Å²) in [6.07, 6.45) is 0. The molecule has 1 aromatic heterocycles. The Bertz CT molecular complexity index is 769. The van der Waals surface area contributed by atoms with Gasteiger partial charge in [-0.15, -0.1) is 23.1 Å². The molecule has 0 spiro atoms. The Hall–Kier alpha value is -1.92. The van der Waals surface area contributed by atoms with E-state index in [1.165, 1.54) is 16.8 Å². The topological polar surface area (TPSA) is 42.0 Å². The fraction of sp³-hybridized carbons (Fsp3) is 0.176. The predicted octanol–water partition coefficient (Wildman–Crippen LogP) is 3.99. The Balaban J connectivity index is 1.43. The van der Waals surface area contributed by atoms with Gasteiger partial charge in [0, 0.05) is 12.3 Å². The molecule has 1 N–H and O–H groups in total. The lowest BCUT2D eigenvalue weighted by molar-refractivity contribution is -0.118. The van der Waals surface area contributed by atoms with Crippen molar-refractivity contribution in [3.05, 3.63) is 64.9 Å². The molecule has 3 aromatic rings. The van der Waals surface area contributed by atoms with Crippen molar-refractivity contribution >= 4 is 39.2 Å². The summed E-state index contributed by atoms with van der Waals surface area (Å²) in [5.74, 6) is 0.812. The van der Waals surface area contributed by atoms with Gasteiger partial charge in [-0.25, -0.2) is 9.37 Å². The van der Waals surface area contributed by atoms with Crippen LogP contribution in [-0.4, -0.2) is 16.6 Å². The third kappa shape index (κ3) is 4.53. The van der Waals surface area contributed by atoms with Crippen LogP contribution in [0.4, 0.5) is 4.39 Å². The molecule has 0 fully saturated rings. The van der Waals surface area contributed by atoms with E-state index >= 15 is 0 Å². The van der Waals surface area contributed by atoms with E-state index in [0.717, 1.165) is 21.8 Å². The summed E-state index contributed by atoms with van der Waals surface area (Å²) < 4.78 is 14.0. The first-order valence-corrected chi connectivity index (χ1v) is 9.11. The molecule has 3 nitrogen and oxygen atoms in total. The highest BCUT2D eigenvalue weighted by molar-refractivity contribution is 7.99. The summed E-state index contributed by atoms with van der Waals surface area (Å²) in [6, 6.07) is 14.1. The van der Waals surface area contributed by atoms with Crippen LogP contribution in [0.15, 0.2) is 48.5 Å². The number of aromatic nitrogens is 1. The van der Waals surface area contributed by atoms with E-state index in [1.807, 2.05) is 18.2 Å². The van der Waals surface area contributed by atoms with Gasteiger partial charge in [-0.3, -0.25) is 4.79 Å². The summed E-state index contributed by atoms with van der Waals surface area (Å²) in [4.78, 5) is 16.4. The minimum absolute atomic E-state index is 0.0274. The van der Waals surface area contributed by atoms with E-state index in [1.54, 1.807) is 35.2 Å². The molecule has 23 heavy (non-hydrogen) atoms. The van der Waals surface area contributed by atoms with Crippen molar-refractivity contribution in [1.29, 1.82) is 0 Å². The van der Waals surface area contributed by atoms with Gasteiger partial charge < -0.3 is 5.32 Å². The van der Waals surface area contributed by atoms with Crippen molar-refractivity contribution in [2.24, 2.45) is 0 Å². The zero-order valence-corrected chi connectivity index (χ0v) is 13.9. The normalized spacial score (nSPS) is 10.8. The first kappa shape index (κ1) is 16.0. The lowest BCUT2D eigenvalue weighted by Crippen LogP contribution is -2.24. The van der Waals surface area contributed by atoms with Crippen molar-refractivity contribution in [2.75, 3.05) is 5.75 Å². The van der Waals surface area contributed by atoms with Gasteiger partial charge in [0.05, 0.1) is 16.0 Å². The number of amides is 1. The minimum atomic E-state index is -0.272. The van der Waals surface area contributed by atoms with Gasteiger partial charge in [-0.1, -0.05) is 24.3 Å². The summed E-state index contributed by atoms with van der Waals surface area (Å²) in [7, 11) is 0. The number of halogens is 1. The number of para-hydroxylation sites is 1. The third-order valence-corrected chi connectivity index (χ3v) is 5.36. The number of hydrogen-bond donors (Lipinski definition) is 1. The van der Waals surface area contributed by atoms with Gasteiger partial charge in [0.1, 0.15) is 10.8 Å². The number of carbonyl (C=O) groups excluding carboxylic acids is 1. The van der Waals surface area contributed by atoms with Gasteiger partial charge in [0.2, 0.25) is 5.91 Å². The molecule has 1 heterocycles. The second-order valence-electron chi connectivity index (χ2n) is 4.97. The maximum atomic E-state index is 12.8. The molecule has 3 rings (SSSR count). The van der Waals surface area contributed by atoms with Crippen LogP contribution in [0.25, 0.3) is 10.2 Å². The molecular formula is C17H15FN2OS2. The zero-order chi connectivity index (χ0) is 16.1. The van der Waals surface area contributed by atoms with Crippen molar-refractivity contribution < 1.29 is 9.18 Å². The lowest BCUT2D eigenvalue weighted by atomic mass is 10.2. The maximum Gasteiger partial charge on any atom is 0.230 e. The summed E-state index contributed by atoms with van der Waals surface area (Å²) in [5.41, 5.74) is 1.89. The number of rotatable bonds is 6. The van der Waals surface area contributed by atoms with Crippen LogP contribution in [0.1, 0.15) is 10.6 Å². The van der Waals surface area contributed by atoms with Gasteiger partial charge in [-0.05, 0) is 29.8 Å². The van der Waals surface area contributed by atoms with E-state index in [9.17, 15) is 9.18 Å². The molecule has 0 aliphatic carbocycles. The molecule has 6 heteroatoms. The number of nitrogens with one attached hydrogen (secondary N) is 1. The fourth-order valence-electron chi connectivity index (χ4n) is 2.07. The number of thiazole rings is 1. The highest BCUT2D eigenvalue weighted by atomic mass is 32.2. The average molecular weight is 346 g/mol. The first-order valence-electron chi connectivity index (χ1n) is 7.14. The van der Waals surface area contributed by atoms with E-state index in [-0.39, 0.29) is 11.7 Å². The molecule has 0 aliphatic heterocycles. The Morgan fingerprint density at radius 2 is 1.96 bits per heavy atom. The molecule has 0 radical (unpaired) electrons. The molecule has 0 aliphatic rings. The third-order valence-electron chi connectivity index (χ3n) is 3.20. The molecule has 0 saturated carbocycles. The van der Waals surface area contributed by atoms with Crippen LogP contribution >= 0.6 is 23.1 Å². The van der Waals surface area contributed by atoms with Gasteiger partial charge in [0.15, 0.2) is 0 Å². The van der Waals surface area contributed by atoms with E-state index < -0.39 is 0 Å². The quantitative estimate of drug-likeness (QED) is 0.734. The van der Waals surface area contributed by atoms with Crippen molar-refractivity contribution in [3.63, 3.8) is 0 Å². The molecular weight excluding hydrogens is 331 g/mol. The van der Waals surface area contributed by atoms with Gasteiger partial charge in [0.25, 0.3) is 0 Å². The van der Waals surface area contributed by atoms with Crippen LogP contribution < -0.4 is 5.32 Å².